The second-order valence-electron chi connectivity index (χ2n) is 4.74. The molecule has 6 atom stereocenters. The lowest BCUT2D eigenvalue weighted by molar-refractivity contribution is -0.319. The zero-order chi connectivity index (χ0) is 15.7. The Morgan fingerprint density at radius 3 is 2.57 bits per heavy atom. The minimum Gasteiger partial charge on any atom is -0.394 e. The molecule has 4 N–H and O–H groups in total. The van der Waals surface area contributed by atoms with Gasteiger partial charge in [0.1, 0.15) is 12.2 Å². The predicted molar refractivity (Wildman–Crippen MR) is 64.7 cm³/mol. The van der Waals surface area contributed by atoms with Gasteiger partial charge in [0.05, 0.1) is 25.7 Å². The first kappa shape index (κ1) is 17.2. The van der Waals surface area contributed by atoms with Gasteiger partial charge in [-0.05, 0) is 0 Å². The van der Waals surface area contributed by atoms with E-state index in [4.69, 9.17) is 23.6 Å². The third-order valence-corrected chi connectivity index (χ3v) is 4.55. The number of phosphoric acid groups is 1. The molecule has 0 aromatic carbocycles. The fourth-order valence-electron chi connectivity index (χ4n) is 2.03. The van der Waals surface area contributed by atoms with Crippen LogP contribution in [0.2, 0.25) is 0 Å². The first-order valence-electron chi connectivity index (χ1n) is 6.34. The van der Waals surface area contributed by atoms with Crippen LogP contribution in [0.4, 0.5) is 0 Å². The maximum Gasteiger partial charge on any atom is 0.481 e. The van der Waals surface area contributed by atoms with Gasteiger partial charge < -0.3 is 29.9 Å². The van der Waals surface area contributed by atoms with Crippen LogP contribution in [0.3, 0.4) is 0 Å². The van der Waals surface area contributed by atoms with Gasteiger partial charge >= 0.3 is 7.82 Å². The highest BCUT2D eigenvalue weighted by Crippen LogP contribution is 2.55. The fraction of sp³-hybridized carbons (Fsp3) is 1.00. The highest BCUT2D eigenvalue weighted by molar-refractivity contribution is 7.48. The van der Waals surface area contributed by atoms with Crippen molar-refractivity contribution in [3.05, 3.63) is 0 Å². The lowest BCUT2D eigenvalue weighted by Crippen LogP contribution is -2.34. The second-order valence-corrected chi connectivity index (χ2v) is 6.40. The molecule has 21 heavy (non-hydrogen) atoms. The average Bonchev–Trinajstić information content (AvgIpc) is 2.93. The summed E-state index contributed by atoms with van der Waals surface area (Å²) in [4.78, 5) is 0. The van der Waals surface area contributed by atoms with E-state index in [1.165, 1.54) is 0 Å². The van der Waals surface area contributed by atoms with E-state index in [1.54, 1.807) is 0 Å². The molecule has 11 heteroatoms. The largest absolute Gasteiger partial charge is 0.481 e. The van der Waals surface area contributed by atoms with Gasteiger partial charge in [-0.15, -0.1) is 0 Å². The Bertz CT molecular complexity index is 405. The first-order chi connectivity index (χ1) is 9.81. The van der Waals surface area contributed by atoms with E-state index in [0.29, 0.717) is 6.42 Å². The quantitative estimate of drug-likeness (QED) is 0.341. The van der Waals surface area contributed by atoms with Crippen LogP contribution in [-0.4, -0.2) is 71.3 Å². The topological polar surface area (TPSA) is 144 Å². The molecule has 2 rings (SSSR count). The molecule has 0 bridgehead atoms. The van der Waals surface area contributed by atoms with Crippen LogP contribution in [0.5, 0.6) is 0 Å². The Balaban J connectivity index is 2.02. The molecule has 2 heterocycles. The van der Waals surface area contributed by atoms with Crippen molar-refractivity contribution in [2.75, 3.05) is 20.3 Å². The maximum absolute atomic E-state index is 12.3. The fourth-order valence-corrected chi connectivity index (χ4v) is 3.16. The summed E-state index contributed by atoms with van der Waals surface area (Å²) < 4.78 is 36.6. The molecule has 2 fully saturated rings. The van der Waals surface area contributed by atoms with Crippen molar-refractivity contribution in [2.45, 2.75) is 43.4 Å². The summed E-state index contributed by atoms with van der Waals surface area (Å²) in [5, 5.41) is 38.1. The van der Waals surface area contributed by atoms with Crippen molar-refractivity contribution in [2.24, 2.45) is 0 Å². The molecule has 2 saturated heterocycles. The van der Waals surface area contributed by atoms with E-state index in [2.05, 4.69) is 4.52 Å². The van der Waals surface area contributed by atoms with Crippen molar-refractivity contribution < 1.29 is 48.0 Å². The number of phosphoric ester groups is 1. The van der Waals surface area contributed by atoms with E-state index < -0.39 is 51.4 Å². The minimum atomic E-state index is -4.32. The van der Waals surface area contributed by atoms with Crippen molar-refractivity contribution in [3.63, 3.8) is 0 Å². The predicted octanol–water partition coefficient (Wildman–Crippen LogP) is -1.33. The summed E-state index contributed by atoms with van der Waals surface area (Å²) in [5.41, 5.74) is 0. The molecule has 0 aromatic rings. The normalized spacial score (nSPS) is 43.1. The molecular formula is C10H19O10P. The van der Waals surface area contributed by atoms with Gasteiger partial charge in [-0.2, -0.15) is 0 Å². The lowest BCUT2D eigenvalue weighted by Gasteiger charge is -2.28. The van der Waals surface area contributed by atoms with Crippen LogP contribution < -0.4 is 0 Å². The van der Waals surface area contributed by atoms with Gasteiger partial charge in [0.2, 0.25) is 0 Å². The Morgan fingerprint density at radius 2 is 2.10 bits per heavy atom. The van der Waals surface area contributed by atoms with E-state index in [-0.39, 0.29) is 6.61 Å². The standard InChI is InChI=1S/C10H19O10P/c1-16-21(15,19-9-6(12)2-3-17-9)20-10(14)4-7(13)8(5-11)18-10/h6-9,11-14H,2-5H2,1H3/t6?,7-,8+,9?,10-,21?/m0/s1. The number of ether oxygens (including phenoxy) is 2. The Hall–Kier alpha value is -0.130. The Morgan fingerprint density at radius 1 is 1.38 bits per heavy atom. The number of hydrogen-bond acceptors (Lipinski definition) is 10. The summed E-state index contributed by atoms with van der Waals surface area (Å²) in [5.74, 6) is -2.44. The highest BCUT2D eigenvalue weighted by atomic mass is 31.2. The van der Waals surface area contributed by atoms with Crippen molar-refractivity contribution >= 4 is 7.82 Å². The maximum atomic E-state index is 12.3. The summed E-state index contributed by atoms with van der Waals surface area (Å²) >= 11 is 0. The zero-order valence-electron chi connectivity index (χ0n) is 11.3. The molecule has 0 spiro atoms. The SMILES string of the molecule is COP(=O)(OC1OCCC1O)O[C@]1(O)C[C@H](O)[C@@H](CO)O1. The number of aliphatic hydroxyl groups excluding tert-OH is 3. The van der Waals surface area contributed by atoms with Gasteiger partial charge in [-0.3, -0.25) is 9.05 Å². The summed E-state index contributed by atoms with van der Waals surface area (Å²) in [7, 11) is -3.30. The van der Waals surface area contributed by atoms with E-state index in [0.717, 1.165) is 7.11 Å². The minimum absolute atomic E-state index is 0.210. The molecule has 0 amide bonds. The highest BCUT2D eigenvalue weighted by Gasteiger charge is 2.52. The van der Waals surface area contributed by atoms with E-state index in [1.807, 2.05) is 0 Å². The summed E-state index contributed by atoms with van der Waals surface area (Å²) in [6.45, 7) is -0.350. The zero-order valence-corrected chi connectivity index (χ0v) is 12.2. The Kier molecular flexibility index (Phi) is 5.37. The molecule has 124 valence electrons. The number of rotatable bonds is 6. The van der Waals surface area contributed by atoms with Crippen LogP contribution in [0.1, 0.15) is 12.8 Å². The molecule has 2 aliphatic heterocycles. The van der Waals surface area contributed by atoms with E-state index in [9.17, 15) is 19.9 Å². The molecule has 0 aliphatic carbocycles. The molecular weight excluding hydrogens is 311 g/mol. The van der Waals surface area contributed by atoms with Crippen molar-refractivity contribution in [3.8, 4) is 0 Å². The van der Waals surface area contributed by atoms with Crippen LogP contribution in [0.25, 0.3) is 0 Å². The molecule has 0 saturated carbocycles. The van der Waals surface area contributed by atoms with Gasteiger partial charge in [-0.1, -0.05) is 0 Å². The van der Waals surface area contributed by atoms with Crippen LogP contribution in [-0.2, 0) is 27.6 Å². The summed E-state index contributed by atoms with van der Waals surface area (Å²) in [6.07, 6.45) is -4.69. The monoisotopic (exact) mass is 330 g/mol. The van der Waals surface area contributed by atoms with Gasteiger partial charge in [0.15, 0.2) is 6.29 Å². The van der Waals surface area contributed by atoms with Crippen LogP contribution >= 0.6 is 7.82 Å². The van der Waals surface area contributed by atoms with Gasteiger partial charge in [-0.25, -0.2) is 9.09 Å². The Labute approximate surface area is 120 Å². The molecule has 10 nitrogen and oxygen atoms in total. The third-order valence-electron chi connectivity index (χ3n) is 3.13. The number of hydrogen-bond donors (Lipinski definition) is 4. The van der Waals surface area contributed by atoms with Crippen LogP contribution in [0.15, 0.2) is 0 Å². The van der Waals surface area contributed by atoms with Crippen molar-refractivity contribution in [1.82, 2.24) is 0 Å². The number of aliphatic hydroxyl groups is 4. The molecule has 2 aliphatic rings. The molecule has 3 unspecified atom stereocenters. The third kappa shape index (κ3) is 3.99. The average molecular weight is 330 g/mol. The van der Waals surface area contributed by atoms with E-state index >= 15 is 0 Å². The first-order valence-corrected chi connectivity index (χ1v) is 7.80. The van der Waals surface area contributed by atoms with Gasteiger partial charge in [0.25, 0.3) is 5.97 Å². The van der Waals surface area contributed by atoms with Crippen LogP contribution in [0, 0.1) is 0 Å². The van der Waals surface area contributed by atoms with Gasteiger partial charge in [0, 0.05) is 13.5 Å². The van der Waals surface area contributed by atoms with Crippen molar-refractivity contribution in [1.29, 1.82) is 0 Å². The summed E-state index contributed by atoms with van der Waals surface area (Å²) in [6, 6.07) is 0. The lowest BCUT2D eigenvalue weighted by atomic mass is 10.2. The molecule has 0 radical (unpaired) electrons. The molecule has 0 aromatic heterocycles. The second kappa shape index (κ2) is 6.55. The smallest absolute Gasteiger partial charge is 0.394 e.